The summed E-state index contributed by atoms with van der Waals surface area (Å²) in [7, 11) is 0. The Bertz CT molecular complexity index is 853. The molecule has 0 aliphatic heterocycles. The highest BCUT2D eigenvalue weighted by molar-refractivity contribution is 5.79. The Morgan fingerprint density at radius 2 is 1.87 bits per heavy atom. The van der Waals surface area contributed by atoms with E-state index in [1.165, 1.54) is 0 Å². The lowest BCUT2D eigenvalue weighted by Gasteiger charge is -2.10. The van der Waals surface area contributed by atoms with Gasteiger partial charge in [-0.25, -0.2) is 4.98 Å². The number of hydrogen-bond acceptors (Lipinski definition) is 3. The third-order valence-electron chi connectivity index (χ3n) is 3.95. The fourth-order valence-corrected chi connectivity index (χ4v) is 2.34. The van der Waals surface area contributed by atoms with E-state index in [1.807, 2.05) is 42.5 Å². The summed E-state index contributed by atoms with van der Waals surface area (Å²) in [6.07, 6.45) is 1.26. The first-order chi connectivity index (χ1) is 11.2. The Hall–Kier alpha value is -2.46. The molecule has 4 heteroatoms. The van der Waals surface area contributed by atoms with Gasteiger partial charge in [0, 0.05) is 5.56 Å². The van der Waals surface area contributed by atoms with Crippen molar-refractivity contribution in [3.05, 3.63) is 64.4 Å². The maximum absolute atomic E-state index is 12.1. The van der Waals surface area contributed by atoms with Crippen molar-refractivity contribution < 1.29 is 4.74 Å². The van der Waals surface area contributed by atoms with Crippen LogP contribution in [0.5, 0.6) is 0 Å². The van der Waals surface area contributed by atoms with E-state index in [4.69, 9.17) is 4.74 Å². The third-order valence-corrected chi connectivity index (χ3v) is 3.95. The van der Waals surface area contributed by atoms with Crippen LogP contribution in [-0.2, 0) is 11.3 Å². The second kappa shape index (κ2) is 6.75. The zero-order chi connectivity index (χ0) is 16.2. The zero-order valence-corrected chi connectivity index (χ0v) is 13.4. The maximum atomic E-state index is 12.1. The maximum Gasteiger partial charge on any atom is 0.259 e. The minimum atomic E-state index is -0.116. The lowest BCUT2D eigenvalue weighted by atomic mass is 10.1. The molecule has 0 amide bonds. The van der Waals surface area contributed by atoms with Crippen LogP contribution in [0, 0.1) is 0 Å². The van der Waals surface area contributed by atoms with Gasteiger partial charge in [0.25, 0.3) is 5.56 Å². The number of nitrogens with zero attached hydrogens (tertiary/aromatic N) is 1. The third kappa shape index (κ3) is 3.48. The van der Waals surface area contributed by atoms with Gasteiger partial charge in [-0.15, -0.1) is 0 Å². The van der Waals surface area contributed by atoms with Gasteiger partial charge in [0.1, 0.15) is 5.82 Å². The normalized spacial score (nSPS) is 12.4. The Kier molecular flexibility index (Phi) is 4.53. The summed E-state index contributed by atoms with van der Waals surface area (Å²) >= 11 is 0. The number of aromatic nitrogens is 2. The lowest BCUT2D eigenvalue weighted by Crippen LogP contribution is -2.09. The second-order valence-electron chi connectivity index (χ2n) is 5.66. The Balaban J connectivity index is 1.86. The Morgan fingerprint density at radius 3 is 2.61 bits per heavy atom. The molecule has 1 aromatic heterocycles. The van der Waals surface area contributed by atoms with E-state index in [1.54, 1.807) is 6.07 Å². The molecule has 23 heavy (non-hydrogen) atoms. The number of para-hydroxylation sites is 1. The summed E-state index contributed by atoms with van der Waals surface area (Å²) in [6, 6.07) is 15.3. The number of rotatable bonds is 5. The molecule has 3 aromatic rings. The van der Waals surface area contributed by atoms with Gasteiger partial charge in [-0.05, 0) is 31.0 Å². The fraction of sp³-hybridized carbons (Fsp3) is 0.263. The van der Waals surface area contributed by atoms with E-state index < -0.39 is 0 Å². The first kappa shape index (κ1) is 15.4. The summed E-state index contributed by atoms with van der Waals surface area (Å²) in [4.78, 5) is 19.5. The van der Waals surface area contributed by atoms with Crippen molar-refractivity contribution in [2.75, 3.05) is 0 Å². The average molecular weight is 308 g/mol. The standard InChI is InChI=1S/C19H20N2O2/c1-3-13(2)23-12-14-8-10-15(11-9-14)18-20-17-7-5-4-6-16(17)19(22)21-18/h4-11,13H,3,12H2,1-2H3,(H,20,21,22). The minimum absolute atomic E-state index is 0.116. The topological polar surface area (TPSA) is 55.0 Å². The number of fused-ring (bicyclic) bond motifs is 1. The molecule has 0 bridgehead atoms. The molecule has 0 spiro atoms. The molecule has 1 unspecified atom stereocenters. The summed E-state index contributed by atoms with van der Waals surface area (Å²) < 4.78 is 5.73. The highest BCUT2D eigenvalue weighted by Gasteiger charge is 2.06. The van der Waals surface area contributed by atoms with E-state index in [0.29, 0.717) is 23.3 Å². The van der Waals surface area contributed by atoms with Crippen LogP contribution in [0.25, 0.3) is 22.3 Å². The van der Waals surface area contributed by atoms with Gasteiger partial charge in [0.2, 0.25) is 0 Å². The van der Waals surface area contributed by atoms with Gasteiger partial charge in [-0.2, -0.15) is 0 Å². The predicted octanol–water partition coefficient (Wildman–Crippen LogP) is 3.91. The van der Waals surface area contributed by atoms with Crippen LogP contribution >= 0.6 is 0 Å². The van der Waals surface area contributed by atoms with Gasteiger partial charge in [0.05, 0.1) is 23.6 Å². The molecule has 2 aromatic carbocycles. The number of nitrogens with one attached hydrogen (secondary N) is 1. The molecule has 4 nitrogen and oxygen atoms in total. The summed E-state index contributed by atoms with van der Waals surface area (Å²) in [6.45, 7) is 4.77. The lowest BCUT2D eigenvalue weighted by molar-refractivity contribution is 0.0508. The van der Waals surface area contributed by atoms with Crippen molar-refractivity contribution in [3.63, 3.8) is 0 Å². The Morgan fingerprint density at radius 1 is 1.13 bits per heavy atom. The largest absolute Gasteiger partial charge is 0.374 e. The molecule has 0 saturated heterocycles. The highest BCUT2D eigenvalue weighted by Crippen LogP contribution is 2.17. The van der Waals surface area contributed by atoms with Gasteiger partial charge in [-0.3, -0.25) is 4.79 Å². The molecule has 3 rings (SSSR count). The minimum Gasteiger partial charge on any atom is -0.374 e. The number of aromatic amines is 1. The van der Waals surface area contributed by atoms with Gasteiger partial charge in [0.15, 0.2) is 0 Å². The van der Waals surface area contributed by atoms with Crippen molar-refractivity contribution in [1.82, 2.24) is 9.97 Å². The highest BCUT2D eigenvalue weighted by atomic mass is 16.5. The number of hydrogen-bond donors (Lipinski definition) is 1. The van der Waals surface area contributed by atoms with Crippen LogP contribution in [0.15, 0.2) is 53.3 Å². The number of H-pyrrole nitrogens is 1. The summed E-state index contributed by atoms with van der Waals surface area (Å²) in [5, 5.41) is 0.606. The van der Waals surface area contributed by atoms with E-state index in [0.717, 1.165) is 17.5 Å². The molecule has 0 saturated carbocycles. The van der Waals surface area contributed by atoms with Crippen LogP contribution in [0.1, 0.15) is 25.8 Å². The van der Waals surface area contributed by atoms with Crippen LogP contribution in [0.4, 0.5) is 0 Å². The first-order valence-electron chi connectivity index (χ1n) is 7.87. The molecule has 1 N–H and O–H groups in total. The number of benzene rings is 2. The molecule has 1 atom stereocenters. The fourth-order valence-electron chi connectivity index (χ4n) is 2.34. The van der Waals surface area contributed by atoms with Gasteiger partial charge in [-0.1, -0.05) is 43.3 Å². The van der Waals surface area contributed by atoms with Crippen molar-refractivity contribution in [3.8, 4) is 11.4 Å². The predicted molar refractivity (Wildman–Crippen MR) is 92.3 cm³/mol. The monoisotopic (exact) mass is 308 g/mol. The van der Waals surface area contributed by atoms with E-state index in [9.17, 15) is 4.79 Å². The molecule has 0 aliphatic carbocycles. The van der Waals surface area contributed by atoms with Gasteiger partial charge >= 0.3 is 0 Å². The summed E-state index contributed by atoms with van der Waals surface area (Å²) in [5.74, 6) is 0.586. The Labute approximate surface area is 135 Å². The zero-order valence-electron chi connectivity index (χ0n) is 13.4. The molecule has 0 fully saturated rings. The molecule has 1 heterocycles. The quantitative estimate of drug-likeness (QED) is 0.777. The van der Waals surface area contributed by atoms with Crippen LogP contribution in [-0.4, -0.2) is 16.1 Å². The SMILES string of the molecule is CCC(C)OCc1ccc(-c2nc3ccccc3c(=O)[nH]2)cc1. The van der Waals surface area contributed by atoms with Crippen molar-refractivity contribution in [2.24, 2.45) is 0 Å². The smallest absolute Gasteiger partial charge is 0.259 e. The van der Waals surface area contributed by atoms with E-state index in [-0.39, 0.29) is 11.7 Å². The second-order valence-corrected chi connectivity index (χ2v) is 5.66. The van der Waals surface area contributed by atoms with Crippen molar-refractivity contribution in [1.29, 1.82) is 0 Å². The first-order valence-corrected chi connectivity index (χ1v) is 7.87. The number of ether oxygens (including phenoxy) is 1. The van der Waals surface area contributed by atoms with Crippen molar-refractivity contribution >= 4 is 10.9 Å². The van der Waals surface area contributed by atoms with Crippen LogP contribution in [0.3, 0.4) is 0 Å². The molecular weight excluding hydrogens is 288 g/mol. The van der Waals surface area contributed by atoms with Gasteiger partial charge < -0.3 is 9.72 Å². The average Bonchev–Trinajstić information content (AvgIpc) is 2.60. The van der Waals surface area contributed by atoms with Crippen molar-refractivity contribution in [2.45, 2.75) is 33.0 Å². The van der Waals surface area contributed by atoms with Crippen LogP contribution < -0.4 is 5.56 Å². The molecule has 0 aliphatic rings. The van der Waals surface area contributed by atoms with Crippen LogP contribution in [0.2, 0.25) is 0 Å². The summed E-state index contributed by atoms with van der Waals surface area (Å²) in [5.41, 5.74) is 2.59. The molecular formula is C19H20N2O2. The van der Waals surface area contributed by atoms with E-state index in [2.05, 4.69) is 23.8 Å². The molecule has 0 radical (unpaired) electrons. The molecule has 118 valence electrons. The van der Waals surface area contributed by atoms with E-state index >= 15 is 0 Å².